The molecule has 0 N–H and O–H groups in total. The van der Waals surface area contributed by atoms with Gasteiger partial charge >= 0.3 is 5.97 Å². The van der Waals surface area contributed by atoms with Crippen molar-refractivity contribution in [1.29, 1.82) is 0 Å². The number of nitrogens with zero attached hydrogens (tertiary/aromatic N) is 2. The topological polar surface area (TPSA) is 68.7 Å². The molecule has 0 aliphatic carbocycles. The molecule has 4 rings (SSSR count). The Morgan fingerprint density at radius 2 is 1.78 bits per heavy atom. The zero-order valence-corrected chi connectivity index (χ0v) is 19.2. The summed E-state index contributed by atoms with van der Waals surface area (Å²) in [6.45, 7) is 1.20. The number of benzene rings is 2. The minimum atomic E-state index is -0.234. The van der Waals surface area contributed by atoms with E-state index in [0.29, 0.717) is 36.5 Å². The first-order chi connectivity index (χ1) is 15.5. The van der Waals surface area contributed by atoms with Gasteiger partial charge in [-0.15, -0.1) is 11.3 Å². The number of carbonyl (C=O) groups is 2. The predicted octanol–water partition coefficient (Wildman–Crippen LogP) is 5.07. The van der Waals surface area contributed by atoms with Gasteiger partial charge in [-0.1, -0.05) is 11.6 Å². The van der Waals surface area contributed by atoms with Crippen LogP contribution in [0.2, 0.25) is 5.02 Å². The van der Waals surface area contributed by atoms with Gasteiger partial charge in [0.25, 0.3) is 5.91 Å². The van der Waals surface area contributed by atoms with E-state index >= 15 is 0 Å². The molecule has 1 saturated heterocycles. The fraction of sp³-hybridized carbons (Fsp3) is 0.292. The summed E-state index contributed by atoms with van der Waals surface area (Å²) >= 11 is 7.40. The maximum Gasteiger partial charge on any atom is 0.309 e. The molecule has 8 heteroatoms. The normalized spacial score (nSPS) is 14.2. The molecule has 0 atom stereocenters. The second-order valence-electron chi connectivity index (χ2n) is 7.55. The molecule has 166 valence electrons. The Balaban J connectivity index is 1.26. The number of halogens is 1. The van der Waals surface area contributed by atoms with Gasteiger partial charge in [0.15, 0.2) is 0 Å². The highest BCUT2D eigenvalue weighted by molar-refractivity contribution is 7.13. The van der Waals surface area contributed by atoms with Crippen LogP contribution in [0, 0.1) is 5.92 Å². The Morgan fingerprint density at radius 1 is 1.09 bits per heavy atom. The van der Waals surface area contributed by atoms with E-state index in [1.165, 1.54) is 11.3 Å². The molecular weight excluding hydrogens is 448 g/mol. The largest absolute Gasteiger partial charge is 0.497 e. The molecule has 1 fully saturated rings. The van der Waals surface area contributed by atoms with Crippen LogP contribution in [0.1, 0.15) is 28.9 Å². The third-order valence-electron chi connectivity index (χ3n) is 5.46. The number of aromatic nitrogens is 1. The van der Waals surface area contributed by atoms with Crippen molar-refractivity contribution in [3.05, 3.63) is 70.2 Å². The molecule has 2 heterocycles. The highest BCUT2D eigenvalue weighted by atomic mass is 35.5. The number of carbonyl (C=O) groups excluding carboxylic acids is 2. The fourth-order valence-corrected chi connectivity index (χ4v) is 4.53. The number of ether oxygens (including phenoxy) is 2. The molecule has 0 spiro atoms. The molecule has 1 aliphatic rings. The van der Waals surface area contributed by atoms with Crippen LogP contribution in [-0.2, 0) is 16.1 Å². The molecule has 1 aliphatic heterocycles. The summed E-state index contributed by atoms with van der Waals surface area (Å²) in [6, 6.07) is 14.5. The van der Waals surface area contributed by atoms with Crippen molar-refractivity contribution < 1.29 is 19.1 Å². The van der Waals surface area contributed by atoms with Crippen molar-refractivity contribution in [2.24, 2.45) is 5.92 Å². The molecule has 0 bridgehead atoms. The molecular formula is C24H23ClN2O4S. The lowest BCUT2D eigenvalue weighted by Gasteiger charge is -2.31. The van der Waals surface area contributed by atoms with Crippen LogP contribution in [-0.4, -0.2) is 42.0 Å². The first-order valence-electron chi connectivity index (χ1n) is 10.3. The Labute approximate surface area is 195 Å². The van der Waals surface area contributed by atoms with Crippen LogP contribution in [0.5, 0.6) is 5.75 Å². The smallest absolute Gasteiger partial charge is 0.309 e. The maximum absolute atomic E-state index is 12.6. The number of rotatable bonds is 6. The van der Waals surface area contributed by atoms with E-state index in [1.54, 1.807) is 36.3 Å². The number of likely N-dealkylation sites (tertiary alicyclic amines) is 1. The summed E-state index contributed by atoms with van der Waals surface area (Å²) in [5, 5.41) is 3.37. The number of methoxy groups -OCH3 is 1. The first-order valence-corrected chi connectivity index (χ1v) is 11.6. The Morgan fingerprint density at radius 3 is 2.44 bits per heavy atom. The first kappa shape index (κ1) is 22.3. The van der Waals surface area contributed by atoms with Gasteiger partial charge in [0.2, 0.25) is 0 Å². The maximum atomic E-state index is 12.6. The highest BCUT2D eigenvalue weighted by Crippen LogP contribution is 2.26. The van der Waals surface area contributed by atoms with Crippen LogP contribution in [0.25, 0.3) is 10.6 Å². The molecule has 0 unspecified atom stereocenters. The third kappa shape index (κ3) is 5.29. The fourth-order valence-electron chi connectivity index (χ4n) is 3.60. The average Bonchev–Trinajstić information content (AvgIpc) is 3.32. The Kier molecular flexibility index (Phi) is 7.07. The minimum Gasteiger partial charge on any atom is -0.497 e. The number of thiazole rings is 1. The second kappa shape index (κ2) is 10.1. The standard InChI is InChI=1S/C24H23ClN2O4S/c1-30-21-8-4-16(5-9-21)22-26-20(15-32-22)14-31-24(29)18-10-12-27(13-11-18)23(28)17-2-6-19(25)7-3-17/h2-9,15,18H,10-14H2,1H3. The number of piperidine rings is 1. The summed E-state index contributed by atoms with van der Waals surface area (Å²) in [6.07, 6.45) is 1.18. The number of hydrogen-bond acceptors (Lipinski definition) is 6. The van der Waals surface area contributed by atoms with E-state index in [1.807, 2.05) is 29.6 Å². The van der Waals surface area contributed by atoms with Crippen molar-refractivity contribution in [2.45, 2.75) is 19.4 Å². The molecule has 1 aromatic heterocycles. The predicted molar refractivity (Wildman–Crippen MR) is 124 cm³/mol. The summed E-state index contributed by atoms with van der Waals surface area (Å²) in [7, 11) is 1.63. The van der Waals surface area contributed by atoms with Crippen molar-refractivity contribution in [1.82, 2.24) is 9.88 Å². The van der Waals surface area contributed by atoms with Gasteiger partial charge in [0.1, 0.15) is 17.4 Å². The summed E-state index contributed by atoms with van der Waals surface area (Å²) < 4.78 is 10.7. The van der Waals surface area contributed by atoms with Gasteiger partial charge in [-0.05, 0) is 61.4 Å². The summed E-state index contributed by atoms with van der Waals surface area (Å²) in [5.41, 5.74) is 2.32. The summed E-state index contributed by atoms with van der Waals surface area (Å²) in [4.78, 5) is 31.5. The van der Waals surface area contributed by atoms with E-state index in [-0.39, 0.29) is 24.4 Å². The Hall–Kier alpha value is -2.90. The third-order valence-corrected chi connectivity index (χ3v) is 6.65. The average molecular weight is 471 g/mol. The molecule has 32 heavy (non-hydrogen) atoms. The van der Waals surface area contributed by atoms with Gasteiger partial charge in [-0.25, -0.2) is 4.98 Å². The number of hydrogen-bond donors (Lipinski definition) is 0. The van der Waals surface area contributed by atoms with Crippen molar-refractivity contribution in [2.75, 3.05) is 20.2 Å². The van der Waals surface area contributed by atoms with Crippen LogP contribution < -0.4 is 4.74 Å². The Bertz CT molecular complexity index is 1070. The van der Waals surface area contributed by atoms with Gasteiger partial charge in [0.05, 0.1) is 18.7 Å². The number of esters is 1. The lowest BCUT2D eigenvalue weighted by molar-refractivity contribution is -0.151. The molecule has 3 aromatic rings. The molecule has 0 saturated carbocycles. The summed E-state index contributed by atoms with van der Waals surface area (Å²) in [5.74, 6) is 0.314. The van der Waals surface area contributed by atoms with Crippen molar-refractivity contribution >= 4 is 34.8 Å². The van der Waals surface area contributed by atoms with Gasteiger partial charge in [0, 0.05) is 34.6 Å². The van der Waals surface area contributed by atoms with E-state index in [2.05, 4.69) is 4.98 Å². The minimum absolute atomic E-state index is 0.0398. The highest BCUT2D eigenvalue weighted by Gasteiger charge is 2.29. The molecule has 0 radical (unpaired) electrons. The van der Waals surface area contributed by atoms with E-state index < -0.39 is 0 Å². The number of amides is 1. The van der Waals surface area contributed by atoms with Gasteiger partial charge in [-0.3, -0.25) is 9.59 Å². The second-order valence-corrected chi connectivity index (χ2v) is 8.85. The molecule has 6 nitrogen and oxygen atoms in total. The van der Waals surface area contributed by atoms with E-state index in [9.17, 15) is 9.59 Å². The van der Waals surface area contributed by atoms with Crippen LogP contribution in [0.3, 0.4) is 0 Å². The van der Waals surface area contributed by atoms with E-state index in [4.69, 9.17) is 21.1 Å². The molecule has 2 aromatic carbocycles. The monoisotopic (exact) mass is 470 g/mol. The lowest BCUT2D eigenvalue weighted by atomic mass is 9.96. The van der Waals surface area contributed by atoms with Crippen molar-refractivity contribution in [3.63, 3.8) is 0 Å². The van der Waals surface area contributed by atoms with Gasteiger partial charge < -0.3 is 14.4 Å². The van der Waals surface area contributed by atoms with Crippen LogP contribution in [0.15, 0.2) is 53.9 Å². The zero-order valence-electron chi connectivity index (χ0n) is 17.6. The van der Waals surface area contributed by atoms with Crippen molar-refractivity contribution in [3.8, 4) is 16.3 Å². The van der Waals surface area contributed by atoms with E-state index in [0.717, 1.165) is 22.0 Å². The molecule has 1 amide bonds. The SMILES string of the molecule is COc1ccc(-c2nc(COC(=O)C3CCN(C(=O)c4ccc(Cl)cc4)CC3)cs2)cc1. The lowest BCUT2D eigenvalue weighted by Crippen LogP contribution is -2.40. The zero-order chi connectivity index (χ0) is 22.5. The quantitative estimate of drug-likeness (QED) is 0.470. The van der Waals surface area contributed by atoms with Gasteiger partial charge in [-0.2, -0.15) is 0 Å². The van der Waals surface area contributed by atoms with Crippen LogP contribution >= 0.6 is 22.9 Å². The van der Waals surface area contributed by atoms with Crippen LogP contribution in [0.4, 0.5) is 0 Å².